The van der Waals surface area contributed by atoms with Gasteiger partial charge in [0, 0.05) is 6.20 Å². The van der Waals surface area contributed by atoms with Crippen LogP contribution in [0.4, 0.5) is 14.5 Å². The molecule has 5 nitrogen and oxygen atoms in total. The Morgan fingerprint density at radius 2 is 2.20 bits per heavy atom. The van der Waals surface area contributed by atoms with Crippen LogP contribution in [-0.4, -0.2) is 16.1 Å². The fraction of sp³-hybridized carbons (Fsp3) is 0.250. The van der Waals surface area contributed by atoms with Crippen LogP contribution in [0.5, 0.6) is 0 Å². The molecule has 15 heavy (non-hydrogen) atoms. The van der Waals surface area contributed by atoms with E-state index in [-0.39, 0.29) is 5.56 Å². The number of halogens is 2. The zero-order valence-corrected chi connectivity index (χ0v) is 7.46. The van der Waals surface area contributed by atoms with Crippen molar-refractivity contribution in [2.24, 2.45) is 0 Å². The topological polar surface area (TPSA) is 96.2 Å². The highest BCUT2D eigenvalue weighted by molar-refractivity contribution is 5.73. The Bertz CT molecular complexity index is 442. The Morgan fingerprint density at radius 3 is 2.67 bits per heavy atom. The summed E-state index contributed by atoms with van der Waals surface area (Å²) in [6.45, 7) is 0. The van der Waals surface area contributed by atoms with Crippen LogP contribution in [0.25, 0.3) is 0 Å². The predicted molar refractivity (Wildman–Crippen MR) is 47.8 cm³/mol. The van der Waals surface area contributed by atoms with Gasteiger partial charge < -0.3 is 15.8 Å². The normalized spacial score (nSPS) is 10.6. The number of rotatable bonds is 3. The lowest BCUT2D eigenvalue weighted by Crippen LogP contribution is -2.20. The second kappa shape index (κ2) is 4.07. The van der Waals surface area contributed by atoms with Crippen LogP contribution in [0.3, 0.4) is 0 Å². The van der Waals surface area contributed by atoms with Gasteiger partial charge >= 0.3 is 5.97 Å². The van der Waals surface area contributed by atoms with Gasteiger partial charge in [-0.25, -0.2) is 8.78 Å². The van der Waals surface area contributed by atoms with Crippen molar-refractivity contribution in [3.05, 3.63) is 27.7 Å². The molecule has 0 radical (unpaired) electrons. The van der Waals surface area contributed by atoms with Crippen molar-refractivity contribution in [1.29, 1.82) is 0 Å². The van der Waals surface area contributed by atoms with Crippen molar-refractivity contribution in [3.63, 3.8) is 0 Å². The van der Waals surface area contributed by atoms with Crippen LogP contribution >= 0.6 is 0 Å². The van der Waals surface area contributed by atoms with Gasteiger partial charge in [-0.1, -0.05) is 0 Å². The smallest absolute Gasteiger partial charge is 0.308 e. The molecule has 0 bridgehead atoms. The summed E-state index contributed by atoms with van der Waals surface area (Å²) in [6, 6.07) is 0. The molecule has 7 heteroatoms. The maximum Gasteiger partial charge on any atom is 0.308 e. The van der Waals surface area contributed by atoms with E-state index in [1.54, 1.807) is 0 Å². The molecule has 0 unspecified atom stereocenters. The first-order valence-corrected chi connectivity index (χ1v) is 3.93. The van der Waals surface area contributed by atoms with E-state index in [0.717, 1.165) is 6.20 Å². The summed E-state index contributed by atoms with van der Waals surface area (Å²) in [6.07, 6.45) is -2.75. The van der Waals surface area contributed by atoms with E-state index < -0.39 is 35.6 Å². The quantitative estimate of drug-likeness (QED) is 0.689. The first-order valence-electron chi connectivity index (χ1n) is 3.93. The minimum absolute atomic E-state index is 0.347. The number of nitrogens with one attached hydrogen (secondary N) is 1. The minimum Gasteiger partial charge on any atom is -0.481 e. The third-order valence-corrected chi connectivity index (χ3v) is 1.83. The molecule has 1 aromatic rings. The zero-order chi connectivity index (χ0) is 11.6. The van der Waals surface area contributed by atoms with E-state index >= 15 is 0 Å². The molecule has 0 saturated carbocycles. The summed E-state index contributed by atoms with van der Waals surface area (Å²) in [5, 5.41) is 8.45. The number of nitrogens with two attached hydrogens (primary N) is 1. The van der Waals surface area contributed by atoms with E-state index in [9.17, 15) is 18.4 Å². The second-order valence-electron chi connectivity index (χ2n) is 2.84. The average molecular weight is 218 g/mol. The van der Waals surface area contributed by atoms with Gasteiger partial charge in [0.05, 0.1) is 23.2 Å². The molecule has 0 aromatic carbocycles. The Morgan fingerprint density at radius 1 is 1.60 bits per heavy atom. The third-order valence-electron chi connectivity index (χ3n) is 1.83. The van der Waals surface area contributed by atoms with E-state index in [0.29, 0.717) is 0 Å². The van der Waals surface area contributed by atoms with Gasteiger partial charge in [-0.15, -0.1) is 0 Å². The van der Waals surface area contributed by atoms with E-state index in [1.807, 2.05) is 4.98 Å². The number of H-pyrrole nitrogens is 1. The molecule has 0 aliphatic heterocycles. The zero-order valence-electron chi connectivity index (χ0n) is 7.46. The maximum absolute atomic E-state index is 12.3. The van der Waals surface area contributed by atoms with Crippen LogP contribution in [-0.2, 0) is 11.2 Å². The van der Waals surface area contributed by atoms with Crippen LogP contribution in [0, 0.1) is 0 Å². The van der Waals surface area contributed by atoms with Crippen molar-refractivity contribution < 1.29 is 18.7 Å². The van der Waals surface area contributed by atoms with Crippen LogP contribution < -0.4 is 11.3 Å². The van der Waals surface area contributed by atoms with Gasteiger partial charge in [0.25, 0.3) is 12.0 Å². The summed E-state index contributed by atoms with van der Waals surface area (Å²) < 4.78 is 24.7. The van der Waals surface area contributed by atoms with Gasteiger partial charge in [0.2, 0.25) is 0 Å². The number of aromatic amines is 1. The summed E-state index contributed by atoms with van der Waals surface area (Å²) in [7, 11) is 0. The Hall–Kier alpha value is -1.92. The highest BCUT2D eigenvalue weighted by Crippen LogP contribution is 2.24. The number of nitrogen functional groups attached to an aromatic ring is 1. The molecule has 4 N–H and O–H groups in total. The molecule has 0 saturated heterocycles. The first kappa shape index (κ1) is 11.2. The number of carboxylic acid groups (broad SMARTS) is 1. The molecule has 0 aliphatic carbocycles. The summed E-state index contributed by atoms with van der Waals surface area (Å²) in [4.78, 5) is 23.5. The van der Waals surface area contributed by atoms with Crippen molar-refractivity contribution in [1.82, 2.24) is 4.98 Å². The van der Waals surface area contributed by atoms with Crippen molar-refractivity contribution in [3.8, 4) is 0 Å². The highest BCUT2D eigenvalue weighted by atomic mass is 19.3. The lowest BCUT2D eigenvalue weighted by molar-refractivity contribution is -0.136. The summed E-state index contributed by atoms with van der Waals surface area (Å²) in [5.74, 6) is -1.31. The molecule has 0 atom stereocenters. The molecule has 1 rings (SSSR count). The summed E-state index contributed by atoms with van der Waals surface area (Å²) >= 11 is 0. The molecule has 0 fully saturated rings. The Labute approximate surface area is 82.5 Å². The molecule has 0 amide bonds. The van der Waals surface area contributed by atoms with Crippen LogP contribution in [0.2, 0.25) is 0 Å². The van der Waals surface area contributed by atoms with Gasteiger partial charge in [0.1, 0.15) is 0 Å². The second-order valence-corrected chi connectivity index (χ2v) is 2.84. The number of alkyl halides is 2. The Kier molecular flexibility index (Phi) is 3.03. The van der Waals surface area contributed by atoms with Gasteiger partial charge in [-0.05, 0) is 0 Å². The number of aliphatic carboxylic acids is 1. The number of hydrogen-bond donors (Lipinski definition) is 3. The van der Waals surface area contributed by atoms with Crippen molar-refractivity contribution in [2.45, 2.75) is 12.8 Å². The number of carboxylic acids is 1. The number of hydrogen-bond acceptors (Lipinski definition) is 3. The van der Waals surface area contributed by atoms with Crippen LogP contribution in [0.15, 0.2) is 11.0 Å². The molecule has 82 valence electrons. The van der Waals surface area contributed by atoms with Gasteiger partial charge in [-0.3, -0.25) is 9.59 Å². The van der Waals surface area contributed by atoms with Crippen molar-refractivity contribution >= 4 is 11.7 Å². The first-order chi connectivity index (χ1) is 6.93. The van der Waals surface area contributed by atoms with E-state index in [1.165, 1.54) is 0 Å². The highest BCUT2D eigenvalue weighted by Gasteiger charge is 2.18. The predicted octanol–water partition coefficient (Wildman–Crippen LogP) is 0.522. The van der Waals surface area contributed by atoms with Gasteiger partial charge in [0.15, 0.2) is 0 Å². The molecular formula is C8H8F2N2O3. The minimum atomic E-state index is -2.85. The number of carbonyl (C=O) groups is 1. The SMILES string of the molecule is Nc1c(C(F)F)c[nH]c(=O)c1CC(=O)O. The molecule has 0 aliphatic rings. The third kappa shape index (κ3) is 2.30. The lowest BCUT2D eigenvalue weighted by atomic mass is 10.1. The Balaban J connectivity index is 3.30. The molecule has 0 spiro atoms. The van der Waals surface area contributed by atoms with Crippen LogP contribution in [0.1, 0.15) is 17.6 Å². The lowest BCUT2D eigenvalue weighted by Gasteiger charge is -2.07. The monoisotopic (exact) mass is 218 g/mol. The molecular weight excluding hydrogens is 210 g/mol. The fourth-order valence-corrected chi connectivity index (χ4v) is 1.11. The van der Waals surface area contributed by atoms with E-state index in [2.05, 4.69) is 0 Å². The number of aromatic nitrogens is 1. The van der Waals surface area contributed by atoms with E-state index in [4.69, 9.17) is 10.8 Å². The largest absolute Gasteiger partial charge is 0.481 e. The maximum atomic E-state index is 12.3. The molecule has 1 heterocycles. The van der Waals surface area contributed by atoms with Crippen molar-refractivity contribution in [2.75, 3.05) is 5.73 Å². The fourth-order valence-electron chi connectivity index (χ4n) is 1.11. The van der Waals surface area contributed by atoms with Gasteiger partial charge in [-0.2, -0.15) is 0 Å². The molecule has 1 aromatic heterocycles. The summed E-state index contributed by atoms with van der Waals surface area (Å²) in [5.41, 5.74) is 3.13. The standard InChI is InChI=1S/C8H8F2N2O3/c9-7(10)4-2-12-8(15)3(6(4)11)1-5(13)14/h2,7H,1H2,(H,13,14)(H3,11,12,15). The number of pyridine rings is 1. The number of anilines is 1. The average Bonchev–Trinajstić information content (AvgIpc) is 2.11.